The van der Waals surface area contributed by atoms with Crippen LogP contribution >= 0.6 is 34.7 Å². The molecule has 0 spiro atoms. The minimum Gasteiger partial charge on any atom is -0.494 e. The number of sulfonamides is 1. The number of ether oxygens (including phenoxy) is 1. The van der Waals surface area contributed by atoms with Crippen LogP contribution in [0.5, 0.6) is 5.75 Å². The standard InChI is InChI=1S/C21H22ClN3O4S3/c1-29-15-8-7-14(22)19-18(15)23-21(31-19)24-20(26)13-9-11-25(12-10-13)32(27,28)17-6-4-3-5-16(17)30-2/h3-8,13H,9-12H2,1-2H3,(H,23,24,26). The molecule has 0 saturated carbocycles. The van der Waals surface area contributed by atoms with Gasteiger partial charge in [0.15, 0.2) is 5.13 Å². The van der Waals surface area contributed by atoms with E-state index in [0.29, 0.717) is 52.2 Å². The molecule has 1 N–H and O–H groups in total. The Labute approximate surface area is 200 Å². The van der Waals surface area contributed by atoms with Crippen molar-refractivity contribution in [1.29, 1.82) is 0 Å². The normalized spacial score (nSPS) is 15.7. The lowest BCUT2D eigenvalue weighted by molar-refractivity contribution is -0.120. The molecule has 4 rings (SSSR count). The summed E-state index contributed by atoms with van der Waals surface area (Å²) in [5.74, 6) is 0.132. The molecule has 32 heavy (non-hydrogen) atoms. The molecule has 0 bridgehead atoms. The van der Waals surface area contributed by atoms with Crippen LogP contribution in [0.15, 0.2) is 46.2 Å². The number of benzene rings is 2. The molecule has 1 saturated heterocycles. The molecule has 2 heterocycles. The molecule has 0 aliphatic carbocycles. The number of thioether (sulfide) groups is 1. The Morgan fingerprint density at radius 2 is 1.97 bits per heavy atom. The van der Waals surface area contributed by atoms with Gasteiger partial charge < -0.3 is 10.1 Å². The predicted octanol–water partition coefficient (Wildman–Crippen LogP) is 4.72. The van der Waals surface area contributed by atoms with Crippen molar-refractivity contribution in [3.05, 3.63) is 41.4 Å². The number of nitrogens with zero attached hydrogens (tertiary/aromatic N) is 2. The van der Waals surface area contributed by atoms with Gasteiger partial charge in [0.05, 0.1) is 21.7 Å². The number of hydrogen-bond donors (Lipinski definition) is 1. The molecule has 2 aromatic carbocycles. The van der Waals surface area contributed by atoms with Gasteiger partial charge in [0.1, 0.15) is 11.3 Å². The minimum atomic E-state index is -3.60. The van der Waals surface area contributed by atoms with Crippen molar-refractivity contribution in [2.75, 3.05) is 31.8 Å². The summed E-state index contributed by atoms with van der Waals surface area (Å²) in [6.07, 6.45) is 2.75. The van der Waals surface area contributed by atoms with Gasteiger partial charge in [0, 0.05) is 23.9 Å². The Balaban J connectivity index is 1.44. The number of nitrogens with one attached hydrogen (secondary N) is 1. The number of halogens is 1. The maximum absolute atomic E-state index is 13.1. The molecule has 0 atom stereocenters. The quantitative estimate of drug-likeness (QED) is 0.482. The molecular weight excluding hydrogens is 490 g/mol. The molecule has 1 aliphatic heterocycles. The lowest BCUT2D eigenvalue weighted by Crippen LogP contribution is -2.41. The van der Waals surface area contributed by atoms with Crippen LogP contribution in [0.25, 0.3) is 10.2 Å². The van der Waals surface area contributed by atoms with Gasteiger partial charge in [0.2, 0.25) is 15.9 Å². The highest BCUT2D eigenvalue weighted by Crippen LogP contribution is 2.38. The number of rotatable bonds is 6. The average Bonchev–Trinajstić information content (AvgIpc) is 3.24. The maximum Gasteiger partial charge on any atom is 0.244 e. The molecule has 11 heteroatoms. The van der Waals surface area contributed by atoms with Crippen molar-refractivity contribution in [1.82, 2.24) is 9.29 Å². The number of amides is 1. The summed E-state index contributed by atoms with van der Waals surface area (Å²) in [6.45, 7) is 0.589. The molecular formula is C21H22ClN3O4S3. The fraction of sp³-hybridized carbons (Fsp3) is 0.333. The number of anilines is 1. The van der Waals surface area contributed by atoms with E-state index in [2.05, 4.69) is 10.3 Å². The van der Waals surface area contributed by atoms with E-state index in [4.69, 9.17) is 16.3 Å². The summed E-state index contributed by atoms with van der Waals surface area (Å²) in [7, 11) is -2.05. The summed E-state index contributed by atoms with van der Waals surface area (Å²) < 4.78 is 33.7. The first kappa shape index (κ1) is 23.3. The van der Waals surface area contributed by atoms with Crippen LogP contribution < -0.4 is 10.1 Å². The SMILES string of the molecule is COc1ccc(Cl)c2sc(NC(=O)C3CCN(S(=O)(=O)c4ccccc4SC)CC3)nc12. The molecule has 1 fully saturated rings. The van der Waals surface area contributed by atoms with E-state index in [-0.39, 0.29) is 11.8 Å². The number of methoxy groups -OCH3 is 1. The number of carbonyl (C=O) groups is 1. The van der Waals surface area contributed by atoms with E-state index in [1.807, 2.05) is 12.3 Å². The third-order valence-electron chi connectivity index (χ3n) is 5.42. The van der Waals surface area contributed by atoms with E-state index in [1.165, 1.54) is 27.4 Å². The Kier molecular flexibility index (Phi) is 6.97. The van der Waals surface area contributed by atoms with Crippen molar-refractivity contribution in [2.24, 2.45) is 5.92 Å². The van der Waals surface area contributed by atoms with Gasteiger partial charge in [0.25, 0.3) is 0 Å². The molecule has 7 nitrogen and oxygen atoms in total. The first-order valence-electron chi connectivity index (χ1n) is 9.92. The van der Waals surface area contributed by atoms with Crippen LogP contribution in [0.1, 0.15) is 12.8 Å². The monoisotopic (exact) mass is 511 g/mol. The third kappa shape index (κ3) is 4.47. The van der Waals surface area contributed by atoms with Crippen molar-refractivity contribution in [3.63, 3.8) is 0 Å². The predicted molar refractivity (Wildman–Crippen MR) is 130 cm³/mol. The summed E-state index contributed by atoms with van der Waals surface area (Å²) in [5, 5.41) is 3.86. The molecule has 1 amide bonds. The average molecular weight is 512 g/mol. The van der Waals surface area contributed by atoms with Gasteiger partial charge >= 0.3 is 0 Å². The van der Waals surface area contributed by atoms with Crippen molar-refractivity contribution in [2.45, 2.75) is 22.6 Å². The lowest BCUT2D eigenvalue weighted by atomic mass is 9.97. The van der Waals surface area contributed by atoms with E-state index < -0.39 is 10.0 Å². The van der Waals surface area contributed by atoms with Crippen molar-refractivity contribution < 1.29 is 17.9 Å². The van der Waals surface area contributed by atoms with Crippen molar-refractivity contribution in [3.8, 4) is 5.75 Å². The Morgan fingerprint density at radius 1 is 1.25 bits per heavy atom. The van der Waals surface area contributed by atoms with E-state index in [0.717, 1.165) is 9.60 Å². The second-order valence-electron chi connectivity index (χ2n) is 7.26. The van der Waals surface area contributed by atoms with Crippen LogP contribution in [0.3, 0.4) is 0 Å². The zero-order valence-corrected chi connectivity index (χ0v) is 20.7. The third-order valence-corrected chi connectivity index (χ3v) is 9.73. The minimum absolute atomic E-state index is 0.166. The van der Waals surface area contributed by atoms with E-state index >= 15 is 0 Å². The first-order chi connectivity index (χ1) is 15.3. The zero-order valence-electron chi connectivity index (χ0n) is 17.5. The van der Waals surface area contributed by atoms with Gasteiger partial charge in [-0.15, -0.1) is 11.8 Å². The molecule has 0 unspecified atom stereocenters. The van der Waals surface area contributed by atoms with E-state index in [1.54, 1.807) is 37.4 Å². The molecule has 170 valence electrons. The Bertz CT molecular complexity index is 1250. The fourth-order valence-electron chi connectivity index (χ4n) is 3.71. The summed E-state index contributed by atoms with van der Waals surface area (Å²) in [4.78, 5) is 18.3. The first-order valence-corrected chi connectivity index (χ1v) is 13.8. The molecule has 1 aromatic heterocycles. The van der Waals surface area contributed by atoms with Gasteiger partial charge in [-0.3, -0.25) is 4.79 Å². The highest BCUT2D eigenvalue weighted by Gasteiger charge is 2.33. The highest BCUT2D eigenvalue weighted by atomic mass is 35.5. The number of aromatic nitrogens is 1. The largest absolute Gasteiger partial charge is 0.494 e. The van der Waals surface area contributed by atoms with Gasteiger partial charge in [-0.05, 0) is 43.4 Å². The topological polar surface area (TPSA) is 88.6 Å². The van der Waals surface area contributed by atoms with Crippen LogP contribution in [-0.4, -0.2) is 50.1 Å². The molecule has 3 aromatic rings. The van der Waals surface area contributed by atoms with Gasteiger partial charge in [-0.2, -0.15) is 4.31 Å². The molecule has 0 radical (unpaired) electrons. The Morgan fingerprint density at radius 3 is 2.66 bits per heavy atom. The van der Waals surface area contributed by atoms with Crippen LogP contribution in [0, 0.1) is 5.92 Å². The van der Waals surface area contributed by atoms with E-state index in [9.17, 15) is 13.2 Å². The smallest absolute Gasteiger partial charge is 0.244 e. The summed E-state index contributed by atoms with van der Waals surface area (Å²) >= 11 is 8.95. The molecule has 1 aliphatic rings. The second kappa shape index (κ2) is 9.56. The number of fused-ring (bicyclic) bond motifs is 1. The maximum atomic E-state index is 13.1. The Hall–Kier alpha value is -1.85. The van der Waals surface area contributed by atoms with Gasteiger partial charge in [-0.25, -0.2) is 13.4 Å². The summed E-state index contributed by atoms with van der Waals surface area (Å²) in [6, 6.07) is 10.5. The number of hydrogen-bond acceptors (Lipinski definition) is 7. The number of carbonyl (C=O) groups excluding carboxylic acids is 1. The van der Waals surface area contributed by atoms with Crippen LogP contribution in [-0.2, 0) is 14.8 Å². The van der Waals surface area contributed by atoms with Crippen LogP contribution in [0.2, 0.25) is 5.02 Å². The number of thiazole rings is 1. The van der Waals surface area contributed by atoms with Gasteiger partial charge in [-0.1, -0.05) is 35.1 Å². The van der Waals surface area contributed by atoms with Crippen molar-refractivity contribution >= 4 is 66.0 Å². The number of piperidine rings is 1. The highest BCUT2D eigenvalue weighted by molar-refractivity contribution is 7.99. The zero-order chi connectivity index (χ0) is 22.9. The summed E-state index contributed by atoms with van der Waals surface area (Å²) in [5.41, 5.74) is 0.605. The van der Waals surface area contributed by atoms with Crippen LogP contribution in [0.4, 0.5) is 5.13 Å². The second-order valence-corrected chi connectivity index (χ2v) is 11.4. The lowest BCUT2D eigenvalue weighted by Gasteiger charge is -2.30. The fourth-order valence-corrected chi connectivity index (χ4v) is 7.46.